The van der Waals surface area contributed by atoms with E-state index < -0.39 is 10.0 Å². The molecule has 0 heterocycles. The predicted molar refractivity (Wildman–Crippen MR) is 38.1 cm³/mol. The molecule has 0 aromatic heterocycles. The van der Waals surface area contributed by atoms with Crippen molar-refractivity contribution in [3.05, 3.63) is 0 Å². The van der Waals surface area contributed by atoms with Gasteiger partial charge in [0.2, 0.25) is 10.0 Å². The summed E-state index contributed by atoms with van der Waals surface area (Å²) in [5.41, 5.74) is 0. The number of sulfonamides is 1. The van der Waals surface area contributed by atoms with Gasteiger partial charge < -0.3 is 0 Å². The van der Waals surface area contributed by atoms with E-state index in [0.29, 0.717) is 0 Å². The summed E-state index contributed by atoms with van der Waals surface area (Å²) < 4.78 is 23.0. The van der Waals surface area contributed by atoms with Gasteiger partial charge in [-0.2, -0.15) is 0 Å². The van der Waals surface area contributed by atoms with E-state index in [1.807, 2.05) is 0 Å². The van der Waals surface area contributed by atoms with E-state index in [4.69, 9.17) is 0 Å². The zero-order valence-electron chi connectivity index (χ0n) is 6.05. The Kier molecular flexibility index (Phi) is 3.52. The first-order valence-electron chi connectivity index (χ1n) is 2.86. The first-order chi connectivity index (χ1) is 4.42. The number of hydrogen-bond acceptors (Lipinski definition) is 3. The highest BCUT2D eigenvalue weighted by Crippen LogP contribution is 1.80. The fourth-order valence-electron chi connectivity index (χ4n) is 0.412. The number of carbonyl (C=O) groups excluding carboxylic acids is 1. The van der Waals surface area contributed by atoms with E-state index in [1.54, 1.807) is 0 Å². The lowest BCUT2D eigenvalue weighted by Crippen LogP contribution is -2.24. The van der Waals surface area contributed by atoms with Crippen LogP contribution in [0.1, 0.15) is 13.3 Å². The number of rotatable bonds is 4. The lowest BCUT2D eigenvalue weighted by Gasteiger charge is -1.97. The minimum absolute atomic E-state index is 0.0175. The minimum atomic E-state index is -3.12. The maximum Gasteiger partial charge on any atom is 0.208 e. The topological polar surface area (TPSA) is 63.2 Å². The molecular formula is C5H11NO3S. The zero-order chi connectivity index (χ0) is 8.20. The minimum Gasteiger partial charge on any atom is -0.300 e. The highest BCUT2D eigenvalue weighted by atomic mass is 32.2. The molecule has 0 radical (unpaired) electrons. The highest BCUT2D eigenvalue weighted by Gasteiger charge is 1.99. The average molecular weight is 165 g/mol. The Balaban J connectivity index is 3.49. The first-order valence-corrected chi connectivity index (χ1v) is 4.75. The molecule has 0 unspecified atom stereocenters. The maximum atomic E-state index is 10.4. The molecular weight excluding hydrogens is 154 g/mol. The molecule has 0 fully saturated rings. The number of Topliss-reactive ketones (excluding diaryl/α,β-unsaturated/α-hetero) is 1. The van der Waals surface area contributed by atoms with Crippen molar-refractivity contribution in [2.24, 2.45) is 0 Å². The molecule has 0 atom stereocenters. The summed E-state index contributed by atoms with van der Waals surface area (Å²) in [6, 6.07) is 0. The fraction of sp³-hybridized carbons (Fsp3) is 0.800. The number of hydrogen-bond donors (Lipinski definition) is 1. The molecule has 0 saturated heterocycles. The number of nitrogens with one attached hydrogen (secondary N) is 1. The highest BCUT2D eigenvalue weighted by molar-refractivity contribution is 7.88. The van der Waals surface area contributed by atoms with Gasteiger partial charge in [0.05, 0.1) is 6.26 Å². The number of carbonyl (C=O) groups is 1. The summed E-state index contributed by atoms with van der Waals surface area (Å²) in [7, 11) is -3.12. The summed E-state index contributed by atoms with van der Waals surface area (Å²) in [6.07, 6.45) is 1.32. The lowest BCUT2D eigenvalue weighted by atomic mass is 10.3. The van der Waals surface area contributed by atoms with E-state index in [9.17, 15) is 13.2 Å². The molecule has 0 rings (SSSR count). The molecule has 1 N–H and O–H groups in total. The maximum absolute atomic E-state index is 10.4. The third-order valence-electron chi connectivity index (χ3n) is 0.841. The van der Waals surface area contributed by atoms with E-state index in [0.717, 1.165) is 6.26 Å². The van der Waals surface area contributed by atoms with Crippen molar-refractivity contribution in [3.63, 3.8) is 0 Å². The zero-order valence-corrected chi connectivity index (χ0v) is 6.86. The Morgan fingerprint density at radius 1 is 1.50 bits per heavy atom. The molecule has 0 aromatic rings. The van der Waals surface area contributed by atoms with Gasteiger partial charge in [-0.25, -0.2) is 13.1 Å². The van der Waals surface area contributed by atoms with Gasteiger partial charge in [-0.15, -0.1) is 0 Å². The Morgan fingerprint density at radius 3 is 2.30 bits per heavy atom. The van der Waals surface area contributed by atoms with E-state index in [-0.39, 0.29) is 18.7 Å². The van der Waals surface area contributed by atoms with Crippen LogP contribution in [0, 0.1) is 0 Å². The summed E-state index contributed by atoms with van der Waals surface area (Å²) in [4.78, 5) is 10.3. The van der Waals surface area contributed by atoms with Crippen LogP contribution in [0.2, 0.25) is 0 Å². The molecule has 0 aliphatic heterocycles. The molecule has 4 nitrogen and oxygen atoms in total. The van der Waals surface area contributed by atoms with Gasteiger partial charge in [-0.05, 0) is 6.92 Å². The molecule has 60 valence electrons. The summed E-state index contributed by atoms with van der Waals surface area (Å²) in [6.45, 7) is 1.62. The summed E-state index contributed by atoms with van der Waals surface area (Å²) in [5, 5.41) is 0. The Hall–Kier alpha value is -0.420. The van der Waals surface area contributed by atoms with Crippen LogP contribution in [-0.4, -0.2) is 27.0 Å². The lowest BCUT2D eigenvalue weighted by molar-refractivity contribution is -0.116. The van der Waals surface area contributed by atoms with E-state index in [2.05, 4.69) is 4.72 Å². The van der Waals surface area contributed by atoms with Gasteiger partial charge in [-0.3, -0.25) is 4.79 Å². The third kappa shape index (κ3) is 7.58. The average Bonchev–Trinajstić information content (AvgIpc) is 1.59. The smallest absolute Gasteiger partial charge is 0.208 e. The van der Waals surface area contributed by atoms with Gasteiger partial charge in [0, 0.05) is 13.0 Å². The Labute approximate surface area is 60.7 Å². The largest absolute Gasteiger partial charge is 0.300 e. The van der Waals surface area contributed by atoms with Crippen molar-refractivity contribution < 1.29 is 13.2 Å². The molecule has 0 aliphatic rings. The molecule has 0 amide bonds. The van der Waals surface area contributed by atoms with Crippen LogP contribution in [0.4, 0.5) is 0 Å². The molecule has 10 heavy (non-hydrogen) atoms. The van der Waals surface area contributed by atoms with E-state index in [1.165, 1.54) is 6.92 Å². The van der Waals surface area contributed by atoms with Gasteiger partial charge >= 0.3 is 0 Å². The molecule has 5 heteroatoms. The van der Waals surface area contributed by atoms with Crippen LogP contribution in [0.15, 0.2) is 0 Å². The van der Waals surface area contributed by atoms with Crippen LogP contribution in [0.5, 0.6) is 0 Å². The first kappa shape index (κ1) is 9.58. The Bertz CT molecular complexity index is 207. The second kappa shape index (κ2) is 3.68. The SMILES string of the molecule is CC(=O)CCNS(C)(=O)=O. The van der Waals surface area contributed by atoms with Crippen molar-refractivity contribution >= 4 is 15.8 Å². The second-order valence-electron chi connectivity index (χ2n) is 2.12. The quantitative estimate of drug-likeness (QED) is 0.611. The molecule has 0 bridgehead atoms. The van der Waals surface area contributed by atoms with Crippen molar-refractivity contribution in [2.75, 3.05) is 12.8 Å². The number of ketones is 1. The third-order valence-corrected chi connectivity index (χ3v) is 1.57. The second-order valence-corrected chi connectivity index (χ2v) is 3.95. The monoisotopic (exact) mass is 165 g/mol. The van der Waals surface area contributed by atoms with Crippen molar-refractivity contribution in [1.82, 2.24) is 4.72 Å². The molecule has 0 aromatic carbocycles. The van der Waals surface area contributed by atoms with Crippen molar-refractivity contribution in [3.8, 4) is 0 Å². The molecule has 0 aliphatic carbocycles. The van der Waals surface area contributed by atoms with Crippen LogP contribution in [-0.2, 0) is 14.8 Å². The summed E-state index contributed by atoms with van der Waals surface area (Å²) >= 11 is 0. The van der Waals surface area contributed by atoms with Crippen LogP contribution in [0.25, 0.3) is 0 Å². The fourth-order valence-corrected chi connectivity index (χ4v) is 0.885. The normalized spacial score (nSPS) is 11.4. The van der Waals surface area contributed by atoms with Crippen LogP contribution < -0.4 is 4.72 Å². The van der Waals surface area contributed by atoms with Crippen molar-refractivity contribution in [2.45, 2.75) is 13.3 Å². The van der Waals surface area contributed by atoms with E-state index >= 15 is 0 Å². The Morgan fingerprint density at radius 2 is 2.00 bits per heavy atom. The van der Waals surface area contributed by atoms with Crippen molar-refractivity contribution in [1.29, 1.82) is 0 Å². The van der Waals surface area contributed by atoms with Gasteiger partial charge in [-0.1, -0.05) is 0 Å². The molecule has 0 spiro atoms. The van der Waals surface area contributed by atoms with Gasteiger partial charge in [0.25, 0.3) is 0 Å². The van der Waals surface area contributed by atoms with Crippen LogP contribution in [0.3, 0.4) is 0 Å². The van der Waals surface area contributed by atoms with Gasteiger partial charge in [0.1, 0.15) is 5.78 Å². The molecule has 0 saturated carbocycles. The summed E-state index contributed by atoms with van der Waals surface area (Å²) in [5.74, 6) is -0.0175. The van der Waals surface area contributed by atoms with Gasteiger partial charge in [0.15, 0.2) is 0 Å². The standard InChI is InChI=1S/C5H11NO3S/c1-5(7)3-4-6-10(2,8)9/h6H,3-4H2,1-2H3. The van der Waals surface area contributed by atoms with Crippen LogP contribution >= 0.6 is 0 Å². The predicted octanol–water partition coefficient (Wildman–Crippen LogP) is -0.485.